The van der Waals surface area contributed by atoms with Gasteiger partial charge in [0.2, 0.25) is 0 Å². The second kappa shape index (κ2) is 5.62. The molecule has 2 N–H and O–H groups in total. The van der Waals surface area contributed by atoms with Crippen LogP contribution in [0.2, 0.25) is 0 Å². The first-order valence-corrected chi connectivity index (χ1v) is 5.31. The molecule has 0 bridgehead atoms. The lowest BCUT2D eigenvalue weighted by Gasteiger charge is -2.00. The van der Waals surface area contributed by atoms with Gasteiger partial charge in [0.25, 0.3) is 5.91 Å². The highest BCUT2D eigenvalue weighted by atomic mass is 16.3. The van der Waals surface area contributed by atoms with E-state index in [2.05, 4.69) is 15.5 Å². The number of phenolic OH excluding ortho intramolecular Hbond substituents is 1. The van der Waals surface area contributed by atoms with Crippen molar-refractivity contribution in [3.63, 3.8) is 0 Å². The van der Waals surface area contributed by atoms with Crippen molar-refractivity contribution in [2.45, 2.75) is 6.54 Å². The Morgan fingerprint density at radius 1 is 1.56 bits per heavy atom. The minimum absolute atomic E-state index is 0.156. The van der Waals surface area contributed by atoms with Crippen molar-refractivity contribution in [2.24, 2.45) is 5.10 Å². The molecule has 2 rings (SSSR count). The number of aromatic hydroxyl groups is 1. The van der Waals surface area contributed by atoms with Gasteiger partial charge in [-0.15, -0.1) is 0 Å². The minimum Gasteiger partial charge on any atom is -0.508 e. The molecule has 0 aliphatic carbocycles. The van der Waals surface area contributed by atoms with Crippen molar-refractivity contribution in [2.75, 3.05) is 0 Å². The Hall–Kier alpha value is -2.63. The molecule has 1 amide bonds. The first kappa shape index (κ1) is 11.8. The molecular weight excluding hydrogens is 232 g/mol. The number of carbonyl (C=O) groups is 1. The number of phenols is 1. The van der Waals surface area contributed by atoms with Gasteiger partial charge < -0.3 is 9.67 Å². The summed E-state index contributed by atoms with van der Waals surface area (Å²) in [5.74, 6) is -0.0897. The Morgan fingerprint density at radius 2 is 2.44 bits per heavy atom. The number of hydrazone groups is 1. The zero-order valence-corrected chi connectivity index (χ0v) is 9.52. The zero-order valence-electron chi connectivity index (χ0n) is 9.52. The summed E-state index contributed by atoms with van der Waals surface area (Å²) in [6, 6.07) is 6.58. The largest absolute Gasteiger partial charge is 0.508 e. The van der Waals surface area contributed by atoms with Crippen molar-refractivity contribution in [1.29, 1.82) is 0 Å². The van der Waals surface area contributed by atoms with Crippen molar-refractivity contribution in [3.8, 4) is 5.75 Å². The van der Waals surface area contributed by atoms with E-state index in [1.807, 2.05) is 0 Å². The number of nitrogens with one attached hydrogen (secondary N) is 1. The molecule has 0 saturated heterocycles. The quantitative estimate of drug-likeness (QED) is 0.615. The molecule has 6 nitrogen and oxygen atoms in total. The Morgan fingerprint density at radius 3 is 3.17 bits per heavy atom. The van der Waals surface area contributed by atoms with Gasteiger partial charge in [-0.2, -0.15) is 5.10 Å². The van der Waals surface area contributed by atoms with E-state index in [1.165, 1.54) is 6.21 Å². The molecule has 1 heterocycles. The maximum absolute atomic E-state index is 11.4. The monoisotopic (exact) mass is 244 g/mol. The molecule has 0 atom stereocenters. The average molecular weight is 244 g/mol. The molecular formula is C12H12N4O2. The molecule has 0 radical (unpaired) electrons. The van der Waals surface area contributed by atoms with Crippen molar-refractivity contribution < 1.29 is 9.90 Å². The summed E-state index contributed by atoms with van der Waals surface area (Å²) in [7, 11) is 0. The number of hydrogen-bond donors (Lipinski definition) is 2. The lowest BCUT2D eigenvalue weighted by molar-refractivity contribution is -0.121. The molecule has 92 valence electrons. The molecule has 0 aliphatic heterocycles. The summed E-state index contributed by atoms with van der Waals surface area (Å²) in [6.45, 7) is 0.164. The maximum Gasteiger partial charge on any atom is 0.260 e. The number of imidazole rings is 1. The van der Waals surface area contributed by atoms with Gasteiger partial charge in [0.1, 0.15) is 12.3 Å². The fourth-order valence-electron chi connectivity index (χ4n) is 1.37. The number of benzene rings is 1. The summed E-state index contributed by atoms with van der Waals surface area (Å²) < 4.78 is 1.64. The Bertz CT molecular complexity index is 549. The Labute approximate surface area is 104 Å². The number of aromatic nitrogens is 2. The molecule has 0 saturated carbocycles. The molecule has 2 aromatic rings. The van der Waals surface area contributed by atoms with Crippen LogP contribution in [0.5, 0.6) is 5.75 Å². The van der Waals surface area contributed by atoms with Crippen LogP contribution in [0, 0.1) is 0 Å². The van der Waals surface area contributed by atoms with E-state index in [-0.39, 0.29) is 18.2 Å². The van der Waals surface area contributed by atoms with Gasteiger partial charge in [0.05, 0.1) is 12.5 Å². The van der Waals surface area contributed by atoms with E-state index in [0.717, 1.165) is 0 Å². The van der Waals surface area contributed by atoms with Gasteiger partial charge in [-0.1, -0.05) is 12.1 Å². The highest BCUT2D eigenvalue weighted by Gasteiger charge is 1.99. The third-order valence-electron chi connectivity index (χ3n) is 2.16. The first-order valence-electron chi connectivity index (χ1n) is 5.31. The van der Waals surface area contributed by atoms with E-state index in [9.17, 15) is 9.90 Å². The average Bonchev–Trinajstić information content (AvgIpc) is 2.82. The van der Waals surface area contributed by atoms with Crippen LogP contribution in [0.15, 0.2) is 48.1 Å². The molecule has 1 aromatic heterocycles. The molecule has 6 heteroatoms. The van der Waals surface area contributed by atoms with Crippen LogP contribution in [0.1, 0.15) is 5.56 Å². The normalized spacial score (nSPS) is 10.7. The fraction of sp³-hybridized carbons (Fsp3) is 0.0833. The molecule has 1 aromatic carbocycles. The van der Waals surface area contributed by atoms with Crippen molar-refractivity contribution in [1.82, 2.24) is 15.0 Å². The summed E-state index contributed by atoms with van der Waals surface area (Å²) in [4.78, 5) is 15.3. The topological polar surface area (TPSA) is 79.5 Å². The molecule has 18 heavy (non-hydrogen) atoms. The van der Waals surface area contributed by atoms with Gasteiger partial charge in [0.15, 0.2) is 0 Å². The fourth-order valence-corrected chi connectivity index (χ4v) is 1.37. The van der Waals surface area contributed by atoms with Crippen LogP contribution >= 0.6 is 0 Å². The van der Waals surface area contributed by atoms with E-state index in [4.69, 9.17) is 0 Å². The van der Waals surface area contributed by atoms with E-state index in [0.29, 0.717) is 5.56 Å². The summed E-state index contributed by atoms with van der Waals surface area (Å²) in [5.41, 5.74) is 3.10. The third kappa shape index (κ3) is 3.44. The predicted molar refractivity (Wildman–Crippen MR) is 66.1 cm³/mol. The Kier molecular flexibility index (Phi) is 3.70. The SMILES string of the molecule is O=C(Cn1ccnc1)N/N=C\c1cccc(O)c1. The smallest absolute Gasteiger partial charge is 0.260 e. The van der Waals surface area contributed by atoms with Crippen LogP contribution in [-0.2, 0) is 11.3 Å². The van der Waals surface area contributed by atoms with Gasteiger partial charge in [0, 0.05) is 12.4 Å². The number of nitrogens with zero attached hydrogens (tertiary/aromatic N) is 3. The molecule has 0 aliphatic rings. The van der Waals surface area contributed by atoms with Crippen molar-refractivity contribution in [3.05, 3.63) is 48.5 Å². The van der Waals surface area contributed by atoms with E-state index < -0.39 is 0 Å². The van der Waals surface area contributed by atoms with E-state index in [1.54, 1.807) is 47.6 Å². The minimum atomic E-state index is -0.246. The highest BCUT2D eigenvalue weighted by Crippen LogP contribution is 2.08. The van der Waals surface area contributed by atoms with Gasteiger partial charge in [-0.3, -0.25) is 4.79 Å². The first-order chi connectivity index (χ1) is 8.74. The lowest BCUT2D eigenvalue weighted by atomic mass is 10.2. The second-order valence-electron chi connectivity index (χ2n) is 3.62. The van der Waals surface area contributed by atoms with Gasteiger partial charge in [-0.25, -0.2) is 10.4 Å². The van der Waals surface area contributed by atoms with Gasteiger partial charge >= 0.3 is 0 Å². The second-order valence-corrected chi connectivity index (χ2v) is 3.62. The number of rotatable bonds is 4. The summed E-state index contributed by atoms with van der Waals surface area (Å²) >= 11 is 0. The number of hydrogen-bond acceptors (Lipinski definition) is 4. The third-order valence-corrected chi connectivity index (χ3v) is 2.16. The molecule has 0 unspecified atom stereocenters. The van der Waals surface area contributed by atoms with Crippen LogP contribution in [0.4, 0.5) is 0 Å². The predicted octanol–water partition coefficient (Wildman–Crippen LogP) is 0.739. The molecule has 0 fully saturated rings. The zero-order chi connectivity index (χ0) is 12.8. The van der Waals surface area contributed by atoms with E-state index >= 15 is 0 Å². The standard InChI is InChI=1S/C12H12N4O2/c17-11-3-1-2-10(6-11)7-14-15-12(18)8-16-5-4-13-9-16/h1-7,9,17H,8H2,(H,15,18)/b14-7-. The van der Waals surface area contributed by atoms with Crippen LogP contribution in [0.3, 0.4) is 0 Å². The molecule has 0 spiro atoms. The van der Waals surface area contributed by atoms with Crippen LogP contribution in [0.25, 0.3) is 0 Å². The highest BCUT2D eigenvalue weighted by molar-refractivity contribution is 5.82. The van der Waals surface area contributed by atoms with Crippen molar-refractivity contribution >= 4 is 12.1 Å². The Balaban J connectivity index is 1.86. The lowest BCUT2D eigenvalue weighted by Crippen LogP contribution is -2.22. The van der Waals surface area contributed by atoms with Crippen LogP contribution < -0.4 is 5.43 Å². The van der Waals surface area contributed by atoms with Crippen LogP contribution in [-0.4, -0.2) is 26.8 Å². The summed E-state index contributed by atoms with van der Waals surface area (Å²) in [6.07, 6.45) is 6.31. The number of carbonyl (C=O) groups excluding carboxylic acids is 1. The number of amides is 1. The van der Waals surface area contributed by atoms with Gasteiger partial charge in [-0.05, 0) is 17.7 Å². The summed E-state index contributed by atoms with van der Waals surface area (Å²) in [5, 5.41) is 13.0. The maximum atomic E-state index is 11.4.